The van der Waals surface area contributed by atoms with Crippen molar-refractivity contribution in [3.8, 4) is 0 Å². The monoisotopic (exact) mass is 384 g/mol. The maximum Gasteiger partial charge on any atom is 0.158 e. The molecule has 2 rings (SSSR count). The molecular formula is C14H22N2O4V2-2. The Morgan fingerprint density at radius 2 is 2.00 bits per heavy atom. The van der Waals surface area contributed by atoms with Crippen LogP contribution in [0.4, 0.5) is 0 Å². The standard InChI is InChI=1S/C7H12O3.C6H6NO.CH4N.2V/c1-5-6(4-8)3-7(9-2)10-5;1-7-3-2-6(4-7)5-8;1-2;;/h4-7H,3H2,1-2H3;2-5H,1H2;1-2H2;;/q;2*-1;;. The van der Waals surface area contributed by atoms with Crippen LogP contribution in [0.15, 0.2) is 18.5 Å². The summed E-state index contributed by atoms with van der Waals surface area (Å²) in [5, 5.41) is 0. The summed E-state index contributed by atoms with van der Waals surface area (Å²) in [7, 11) is 7.88. The summed E-state index contributed by atoms with van der Waals surface area (Å²) in [6, 6.07) is 1.71. The summed E-state index contributed by atoms with van der Waals surface area (Å²) in [4.78, 5) is 20.3. The van der Waals surface area contributed by atoms with Crippen LogP contribution in [-0.2, 0) is 51.4 Å². The number of nitrogens with two attached hydrogens (primary N) is 1. The molecule has 1 aliphatic heterocycles. The Morgan fingerprint density at radius 1 is 1.41 bits per heavy atom. The number of hydrogen-bond acceptors (Lipinski definition) is 5. The Bertz CT molecular complexity index is 402. The van der Waals surface area contributed by atoms with Gasteiger partial charge in [-0.3, -0.25) is 11.8 Å². The Hall–Kier alpha value is -0.461. The fraction of sp³-hybridized carbons (Fsp3) is 0.429. The SMILES string of the molecule is COC1CC(C=O)C(C)O1.[CH2-]N.[CH2-]n1ccc(C=O)c1.[V].[V]. The van der Waals surface area contributed by atoms with E-state index in [1.807, 2.05) is 6.92 Å². The molecule has 1 aliphatic rings. The van der Waals surface area contributed by atoms with E-state index in [9.17, 15) is 9.59 Å². The smallest absolute Gasteiger partial charge is 0.158 e. The molecule has 0 aromatic carbocycles. The van der Waals surface area contributed by atoms with Gasteiger partial charge in [0.05, 0.1) is 6.10 Å². The van der Waals surface area contributed by atoms with Gasteiger partial charge in [0.1, 0.15) is 12.6 Å². The molecule has 3 unspecified atom stereocenters. The molecule has 0 aliphatic carbocycles. The molecule has 0 amide bonds. The summed E-state index contributed by atoms with van der Waals surface area (Å²) in [6.07, 6.45) is 5.65. The average molecular weight is 384 g/mol. The molecule has 1 aromatic rings. The van der Waals surface area contributed by atoms with Gasteiger partial charge in [-0.2, -0.15) is 0 Å². The van der Waals surface area contributed by atoms with Crippen molar-refractivity contribution in [2.75, 3.05) is 7.11 Å². The van der Waals surface area contributed by atoms with E-state index < -0.39 is 0 Å². The van der Waals surface area contributed by atoms with E-state index in [4.69, 9.17) is 9.47 Å². The summed E-state index contributed by atoms with van der Waals surface area (Å²) < 4.78 is 11.8. The molecule has 2 radical (unpaired) electrons. The number of carbonyl (C=O) groups excluding carboxylic acids is 2. The minimum Gasteiger partial charge on any atom is -0.493 e. The van der Waals surface area contributed by atoms with Crippen LogP contribution in [-0.4, -0.2) is 36.6 Å². The molecule has 22 heavy (non-hydrogen) atoms. The zero-order valence-electron chi connectivity index (χ0n) is 12.8. The number of rotatable bonds is 3. The number of methoxy groups -OCH3 is 1. The third-order valence-electron chi connectivity index (χ3n) is 2.78. The van der Waals surface area contributed by atoms with Crippen molar-refractivity contribution in [2.45, 2.75) is 25.7 Å². The third-order valence-corrected chi connectivity index (χ3v) is 2.78. The maximum atomic E-state index is 10.3. The van der Waals surface area contributed by atoms with Crippen LogP contribution in [0.1, 0.15) is 23.7 Å². The molecule has 3 atom stereocenters. The molecule has 2 heterocycles. The second-order valence-electron chi connectivity index (χ2n) is 4.12. The number of hydrogen-bond donors (Lipinski definition) is 1. The summed E-state index contributed by atoms with van der Waals surface area (Å²) >= 11 is 0. The van der Waals surface area contributed by atoms with Crippen LogP contribution in [0.5, 0.6) is 0 Å². The summed E-state index contributed by atoms with van der Waals surface area (Å²) in [6.45, 7) is 1.89. The average Bonchev–Trinajstić information content (AvgIpc) is 3.07. The zero-order valence-corrected chi connectivity index (χ0v) is 15.6. The van der Waals surface area contributed by atoms with Gasteiger partial charge in [-0.1, -0.05) is 6.20 Å². The number of aromatic nitrogens is 1. The molecule has 1 saturated heterocycles. The Kier molecular flexibility index (Phi) is 18.5. The maximum absolute atomic E-state index is 10.3. The van der Waals surface area contributed by atoms with Gasteiger partial charge in [0.25, 0.3) is 0 Å². The Balaban J connectivity index is -0.000000276. The Labute approximate surface area is 155 Å². The normalized spacial score (nSPS) is 21.7. The molecule has 8 heteroatoms. The fourth-order valence-electron chi connectivity index (χ4n) is 1.66. The topological polar surface area (TPSA) is 83.5 Å². The van der Waals surface area contributed by atoms with Gasteiger partial charge in [0.15, 0.2) is 6.29 Å². The van der Waals surface area contributed by atoms with Crippen molar-refractivity contribution in [1.29, 1.82) is 0 Å². The first kappa shape index (κ1) is 26.4. The van der Waals surface area contributed by atoms with Crippen LogP contribution >= 0.6 is 0 Å². The van der Waals surface area contributed by atoms with Gasteiger partial charge >= 0.3 is 0 Å². The van der Waals surface area contributed by atoms with Crippen molar-refractivity contribution < 1.29 is 56.2 Å². The van der Waals surface area contributed by atoms with Crippen LogP contribution < -0.4 is 5.73 Å². The van der Waals surface area contributed by atoms with Crippen molar-refractivity contribution in [2.24, 2.45) is 11.7 Å². The van der Waals surface area contributed by atoms with Crippen molar-refractivity contribution in [3.63, 3.8) is 0 Å². The van der Waals surface area contributed by atoms with Crippen molar-refractivity contribution >= 4 is 12.6 Å². The first-order chi connectivity index (χ1) is 9.60. The number of aldehydes is 2. The van der Waals surface area contributed by atoms with Gasteiger partial charge in [-0.15, -0.1) is 19.3 Å². The third kappa shape index (κ3) is 9.53. The van der Waals surface area contributed by atoms with Crippen molar-refractivity contribution in [1.82, 2.24) is 4.57 Å². The molecule has 0 bridgehead atoms. The molecular weight excluding hydrogens is 362 g/mol. The van der Waals surface area contributed by atoms with Gasteiger partial charge < -0.3 is 24.6 Å². The van der Waals surface area contributed by atoms with Gasteiger partial charge in [0, 0.05) is 56.6 Å². The van der Waals surface area contributed by atoms with Gasteiger partial charge in [-0.05, 0) is 12.5 Å². The molecule has 1 aromatic heterocycles. The second kappa shape index (κ2) is 15.4. The van der Waals surface area contributed by atoms with Crippen LogP contribution in [0.2, 0.25) is 0 Å². The van der Waals surface area contributed by atoms with E-state index >= 15 is 0 Å². The quantitative estimate of drug-likeness (QED) is 0.627. The minimum atomic E-state index is -0.176. The van der Waals surface area contributed by atoms with E-state index in [0.29, 0.717) is 12.0 Å². The van der Waals surface area contributed by atoms with E-state index in [1.165, 1.54) is 0 Å². The predicted molar refractivity (Wildman–Crippen MR) is 75.6 cm³/mol. The summed E-state index contributed by atoms with van der Waals surface area (Å²) in [5.74, 6) is 0.0185. The first-order valence-electron chi connectivity index (χ1n) is 6.09. The van der Waals surface area contributed by atoms with Crippen LogP contribution in [0.25, 0.3) is 0 Å². The van der Waals surface area contributed by atoms with Crippen molar-refractivity contribution in [3.05, 3.63) is 38.1 Å². The zero-order chi connectivity index (χ0) is 15.5. The first-order valence-corrected chi connectivity index (χ1v) is 6.09. The fourth-order valence-corrected chi connectivity index (χ4v) is 1.66. The van der Waals surface area contributed by atoms with Crippen LogP contribution in [0, 0.1) is 20.0 Å². The predicted octanol–water partition coefficient (Wildman–Crippen LogP) is 1.25. The van der Waals surface area contributed by atoms with E-state index in [1.54, 1.807) is 30.1 Å². The molecule has 124 valence electrons. The van der Waals surface area contributed by atoms with E-state index in [-0.39, 0.29) is 55.4 Å². The largest absolute Gasteiger partial charge is 0.493 e. The van der Waals surface area contributed by atoms with E-state index in [2.05, 4.69) is 19.8 Å². The minimum absolute atomic E-state index is 0. The number of carbonyl (C=O) groups is 2. The molecule has 1 fully saturated rings. The van der Waals surface area contributed by atoms with E-state index in [0.717, 1.165) is 12.6 Å². The van der Waals surface area contributed by atoms with Crippen LogP contribution in [0.3, 0.4) is 0 Å². The molecule has 6 nitrogen and oxygen atoms in total. The number of ether oxygens (including phenoxy) is 2. The van der Waals surface area contributed by atoms with Gasteiger partial charge in [-0.25, -0.2) is 0 Å². The number of nitrogens with zero attached hydrogens (tertiary/aromatic N) is 1. The summed E-state index contributed by atoms with van der Waals surface area (Å²) in [5.41, 5.74) is 4.92. The van der Waals surface area contributed by atoms with Gasteiger partial charge in [0.2, 0.25) is 0 Å². The molecule has 0 saturated carbocycles. The Morgan fingerprint density at radius 3 is 2.23 bits per heavy atom. The molecule has 0 spiro atoms. The molecule has 2 N–H and O–H groups in total. The second-order valence-corrected chi connectivity index (χ2v) is 4.12.